The zero-order valence-corrected chi connectivity index (χ0v) is 17.0. The molecule has 1 saturated carbocycles. The summed E-state index contributed by atoms with van der Waals surface area (Å²) in [6.07, 6.45) is 6.97. The van der Waals surface area contributed by atoms with Crippen LogP contribution >= 0.6 is 0 Å². The number of carbonyl (C=O) groups is 3. The second-order valence-corrected chi connectivity index (χ2v) is 8.25. The Bertz CT molecular complexity index is 703. The van der Waals surface area contributed by atoms with Crippen LogP contribution in [0.1, 0.15) is 70.8 Å². The predicted octanol–water partition coefficient (Wildman–Crippen LogP) is 4.22. The van der Waals surface area contributed by atoms with Gasteiger partial charge in [-0.25, -0.2) is 0 Å². The Labute approximate surface area is 167 Å². The number of cyclic esters (lactones) is 1. The molecule has 5 nitrogen and oxygen atoms in total. The molecular formula is C23H31NO4. The van der Waals surface area contributed by atoms with Crippen molar-refractivity contribution in [1.82, 2.24) is 0 Å². The van der Waals surface area contributed by atoms with Crippen LogP contribution in [0.25, 0.3) is 0 Å². The molecule has 0 spiro atoms. The lowest BCUT2D eigenvalue weighted by atomic mass is 9.76. The fourth-order valence-electron chi connectivity index (χ4n) is 4.77. The highest BCUT2D eigenvalue weighted by Gasteiger charge is 2.47. The average molecular weight is 386 g/mol. The fraction of sp³-hybridized carbons (Fsp3) is 0.609. The lowest BCUT2D eigenvalue weighted by Gasteiger charge is -2.41. The lowest BCUT2D eigenvalue weighted by Crippen LogP contribution is -2.48. The van der Waals surface area contributed by atoms with Gasteiger partial charge in [0.25, 0.3) is 0 Å². The first kappa shape index (κ1) is 20.6. The summed E-state index contributed by atoms with van der Waals surface area (Å²) < 4.78 is 5.86. The summed E-state index contributed by atoms with van der Waals surface area (Å²) in [6, 6.07) is 8.03. The second kappa shape index (κ2) is 8.89. The molecule has 152 valence electrons. The van der Waals surface area contributed by atoms with Crippen molar-refractivity contribution in [3.8, 4) is 0 Å². The Morgan fingerprint density at radius 2 is 1.86 bits per heavy atom. The van der Waals surface area contributed by atoms with E-state index in [1.807, 2.05) is 24.3 Å². The van der Waals surface area contributed by atoms with Crippen LogP contribution < -0.4 is 4.90 Å². The molecule has 1 unspecified atom stereocenters. The van der Waals surface area contributed by atoms with Gasteiger partial charge in [0.2, 0.25) is 5.91 Å². The molecule has 1 aromatic rings. The number of rotatable bonds is 7. The van der Waals surface area contributed by atoms with E-state index in [4.69, 9.17) is 4.74 Å². The molecule has 28 heavy (non-hydrogen) atoms. The van der Waals surface area contributed by atoms with Gasteiger partial charge >= 0.3 is 5.97 Å². The minimum absolute atomic E-state index is 0.00941. The van der Waals surface area contributed by atoms with E-state index in [1.54, 1.807) is 11.8 Å². The van der Waals surface area contributed by atoms with E-state index in [2.05, 4.69) is 6.92 Å². The van der Waals surface area contributed by atoms with Crippen molar-refractivity contribution >= 4 is 23.3 Å². The standard InChI is InChI=1S/C23H31NO4/c1-3-14-24(17(2)25)20-10-8-18(9-11-20)12-13-23(19-6-4-5-7-19)16-21(26)15-22(27)28-23/h8-11,19H,3-7,12-16H2,1-2H3. The molecule has 0 aromatic heterocycles. The summed E-state index contributed by atoms with van der Waals surface area (Å²) in [6.45, 7) is 4.35. The number of aryl methyl sites for hydroxylation is 1. The summed E-state index contributed by atoms with van der Waals surface area (Å²) in [5.74, 6) is -0.0227. The van der Waals surface area contributed by atoms with Crippen LogP contribution in [0.4, 0.5) is 5.69 Å². The summed E-state index contributed by atoms with van der Waals surface area (Å²) >= 11 is 0. The van der Waals surface area contributed by atoms with Gasteiger partial charge in [-0.15, -0.1) is 0 Å². The van der Waals surface area contributed by atoms with E-state index in [9.17, 15) is 14.4 Å². The highest BCUT2D eigenvalue weighted by molar-refractivity contribution is 5.98. The van der Waals surface area contributed by atoms with Gasteiger partial charge in [0.1, 0.15) is 17.8 Å². The highest BCUT2D eigenvalue weighted by Crippen LogP contribution is 2.43. The molecule has 1 saturated heterocycles. The maximum atomic E-state index is 12.2. The zero-order valence-electron chi connectivity index (χ0n) is 17.0. The smallest absolute Gasteiger partial charge is 0.313 e. The summed E-state index contributed by atoms with van der Waals surface area (Å²) in [7, 11) is 0. The van der Waals surface area contributed by atoms with Crippen molar-refractivity contribution < 1.29 is 19.1 Å². The third-order valence-corrected chi connectivity index (χ3v) is 6.17. The quantitative estimate of drug-likeness (QED) is 0.521. The Hall–Kier alpha value is -2.17. The highest BCUT2D eigenvalue weighted by atomic mass is 16.6. The Morgan fingerprint density at radius 1 is 1.18 bits per heavy atom. The molecule has 1 aromatic carbocycles. The number of Topliss-reactive ketones (excluding diaryl/α,β-unsaturated/α-hetero) is 1. The third kappa shape index (κ3) is 4.62. The SMILES string of the molecule is CCCN(C(C)=O)c1ccc(CCC2(C3CCCC3)CC(=O)CC(=O)O2)cc1. The van der Waals surface area contributed by atoms with Gasteiger partial charge in [0, 0.05) is 25.6 Å². The Morgan fingerprint density at radius 3 is 2.43 bits per heavy atom. The summed E-state index contributed by atoms with van der Waals surface area (Å²) in [4.78, 5) is 37.8. The van der Waals surface area contributed by atoms with E-state index in [0.717, 1.165) is 49.8 Å². The van der Waals surface area contributed by atoms with Gasteiger partial charge in [-0.2, -0.15) is 0 Å². The van der Waals surface area contributed by atoms with Crippen molar-refractivity contribution in [3.63, 3.8) is 0 Å². The Kier molecular flexibility index (Phi) is 6.53. The lowest BCUT2D eigenvalue weighted by molar-refractivity contribution is -0.178. The maximum Gasteiger partial charge on any atom is 0.313 e. The molecule has 0 radical (unpaired) electrons. The van der Waals surface area contributed by atoms with Crippen LogP contribution in [0, 0.1) is 5.92 Å². The molecule has 5 heteroatoms. The minimum Gasteiger partial charge on any atom is -0.458 e. The number of carbonyl (C=O) groups excluding carboxylic acids is 3. The maximum absolute atomic E-state index is 12.2. The van der Waals surface area contributed by atoms with Crippen molar-refractivity contribution in [3.05, 3.63) is 29.8 Å². The largest absolute Gasteiger partial charge is 0.458 e. The number of nitrogens with zero attached hydrogens (tertiary/aromatic N) is 1. The number of ketones is 1. The van der Waals surface area contributed by atoms with Crippen molar-refractivity contribution in [1.29, 1.82) is 0 Å². The number of benzene rings is 1. The number of hydrogen-bond acceptors (Lipinski definition) is 4. The molecule has 3 rings (SSSR count). The van der Waals surface area contributed by atoms with Gasteiger partial charge in [0.15, 0.2) is 0 Å². The normalized spacial score (nSPS) is 22.9. The minimum atomic E-state index is -0.630. The zero-order chi connectivity index (χ0) is 20.1. The number of anilines is 1. The van der Waals surface area contributed by atoms with Gasteiger partial charge < -0.3 is 9.64 Å². The summed E-state index contributed by atoms with van der Waals surface area (Å²) in [5.41, 5.74) is 1.41. The summed E-state index contributed by atoms with van der Waals surface area (Å²) in [5, 5.41) is 0. The first-order valence-corrected chi connectivity index (χ1v) is 10.5. The predicted molar refractivity (Wildman–Crippen MR) is 108 cm³/mol. The number of esters is 1. The molecule has 1 atom stereocenters. The van der Waals surface area contributed by atoms with Crippen LogP contribution in [-0.4, -0.2) is 29.8 Å². The second-order valence-electron chi connectivity index (χ2n) is 8.25. The molecule has 1 heterocycles. The van der Waals surface area contributed by atoms with Gasteiger partial charge in [-0.1, -0.05) is 31.9 Å². The molecule has 0 bridgehead atoms. The monoisotopic (exact) mass is 385 g/mol. The molecule has 0 N–H and O–H groups in total. The van der Waals surface area contributed by atoms with Gasteiger partial charge in [0.05, 0.1) is 0 Å². The molecule has 1 aliphatic carbocycles. The van der Waals surface area contributed by atoms with E-state index in [1.165, 1.54) is 0 Å². The first-order chi connectivity index (χ1) is 13.4. The number of ether oxygens (including phenoxy) is 1. The van der Waals surface area contributed by atoms with Crippen molar-refractivity contribution in [2.75, 3.05) is 11.4 Å². The molecule has 1 amide bonds. The van der Waals surface area contributed by atoms with E-state index in [0.29, 0.717) is 19.4 Å². The third-order valence-electron chi connectivity index (χ3n) is 6.17. The topological polar surface area (TPSA) is 63.7 Å². The van der Waals surface area contributed by atoms with Crippen LogP contribution in [0.5, 0.6) is 0 Å². The van der Waals surface area contributed by atoms with Crippen LogP contribution in [0.2, 0.25) is 0 Å². The van der Waals surface area contributed by atoms with Crippen LogP contribution in [-0.2, 0) is 25.5 Å². The molecule has 1 aliphatic heterocycles. The van der Waals surface area contributed by atoms with Crippen LogP contribution in [0.3, 0.4) is 0 Å². The molecule has 2 aliphatic rings. The van der Waals surface area contributed by atoms with Crippen molar-refractivity contribution in [2.45, 2.75) is 77.2 Å². The van der Waals surface area contributed by atoms with Crippen LogP contribution in [0.15, 0.2) is 24.3 Å². The Balaban J connectivity index is 1.72. The van der Waals surface area contributed by atoms with Crippen molar-refractivity contribution in [2.24, 2.45) is 5.92 Å². The molecular weight excluding hydrogens is 354 g/mol. The molecule has 2 fully saturated rings. The van der Waals surface area contributed by atoms with E-state index in [-0.39, 0.29) is 30.0 Å². The fourth-order valence-corrected chi connectivity index (χ4v) is 4.77. The van der Waals surface area contributed by atoms with E-state index < -0.39 is 5.60 Å². The first-order valence-electron chi connectivity index (χ1n) is 10.5. The van der Waals surface area contributed by atoms with Gasteiger partial charge in [-0.3, -0.25) is 14.4 Å². The van der Waals surface area contributed by atoms with Gasteiger partial charge in [-0.05, 0) is 55.7 Å². The van der Waals surface area contributed by atoms with E-state index >= 15 is 0 Å². The number of amides is 1. The average Bonchev–Trinajstić information content (AvgIpc) is 3.19. The number of hydrogen-bond donors (Lipinski definition) is 0.